The maximum absolute atomic E-state index is 12.8. The van der Waals surface area contributed by atoms with Crippen molar-refractivity contribution in [3.05, 3.63) is 85.0 Å². The molecular formula is C30H35F3N6S. The third-order valence-corrected chi connectivity index (χ3v) is 9.41. The van der Waals surface area contributed by atoms with Gasteiger partial charge in [0.05, 0.1) is 23.5 Å². The van der Waals surface area contributed by atoms with E-state index in [1.807, 2.05) is 16.8 Å². The van der Waals surface area contributed by atoms with Crippen LogP contribution in [0.1, 0.15) is 35.6 Å². The van der Waals surface area contributed by atoms with Crippen molar-refractivity contribution in [2.45, 2.75) is 42.8 Å². The number of aliphatic imine (C=N–C) groups is 2. The van der Waals surface area contributed by atoms with E-state index < -0.39 is 22.0 Å². The van der Waals surface area contributed by atoms with Gasteiger partial charge in [-0.15, -0.1) is 9.39 Å². The lowest BCUT2D eigenvalue weighted by Crippen LogP contribution is -2.46. The molecule has 2 aromatic rings. The highest BCUT2D eigenvalue weighted by molar-refractivity contribution is 8.25. The van der Waals surface area contributed by atoms with Gasteiger partial charge in [0, 0.05) is 43.7 Å². The lowest BCUT2D eigenvalue weighted by molar-refractivity contribution is -0.127. The highest BCUT2D eigenvalue weighted by Gasteiger charge is 2.28. The highest BCUT2D eigenvalue weighted by atomic mass is 32.2. The van der Waals surface area contributed by atoms with E-state index in [-0.39, 0.29) is 11.6 Å². The highest BCUT2D eigenvalue weighted by Crippen LogP contribution is 2.38. The molecule has 1 saturated heterocycles. The largest absolute Gasteiger partial charge is 0.393 e. The van der Waals surface area contributed by atoms with Gasteiger partial charge in [-0.25, -0.2) is 9.98 Å². The average molecular weight is 569 g/mol. The third-order valence-electron chi connectivity index (χ3n) is 6.94. The molecule has 0 spiro atoms. The molecule has 2 aliphatic heterocycles. The van der Waals surface area contributed by atoms with Gasteiger partial charge in [-0.1, -0.05) is 55.8 Å². The first kappa shape index (κ1) is 29.4. The van der Waals surface area contributed by atoms with Gasteiger partial charge >= 0.3 is 6.18 Å². The summed E-state index contributed by atoms with van der Waals surface area (Å²) in [6.45, 7) is 13.4. The second-order valence-corrected chi connectivity index (χ2v) is 12.5. The van der Waals surface area contributed by atoms with Crippen LogP contribution in [0.25, 0.3) is 11.8 Å². The summed E-state index contributed by atoms with van der Waals surface area (Å²) in [4.78, 5) is 14.8. The molecule has 6 nitrogen and oxygen atoms in total. The maximum Gasteiger partial charge on any atom is 0.393 e. The Balaban J connectivity index is 1.52. The first-order valence-electron chi connectivity index (χ1n) is 12.9. The van der Waals surface area contributed by atoms with Crippen molar-refractivity contribution in [3.8, 4) is 0 Å². The molecule has 1 N–H and O–H groups in total. The van der Waals surface area contributed by atoms with E-state index >= 15 is 0 Å². The van der Waals surface area contributed by atoms with Crippen molar-refractivity contribution in [3.63, 3.8) is 0 Å². The van der Waals surface area contributed by atoms with E-state index in [2.05, 4.69) is 46.1 Å². The van der Waals surface area contributed by atoms with Crippen molar-refractivity contribution in [1.82, 2.24) is 19.2 Å². The predicted octanol–water partition coefficient (Wildman–Crippen LogP) is 5.87. The molecule has 0 aliphatic carbocycles. The Kier molecular flexibility index (Phi) is 8.70. The van der Waals surface area contributed by atoms with Crippen LogP contribution in [0, 0.1) is 0 Å². The van der Waals surface area contributed by atoms with Gasteiger partial charge in [-0.2, -0.15) is 13.2 Å². The summed E-state index contributed by atoms with van der Waals surface area (Å²) in [5, 5.41) is 3.47. The van der Waals surface area contributed by atoms with Crippen molar-refractivity contribution in [1.29, 1.82) is 0 Å². The van der Waals surface area contributed by atoms with Crippen molar-refractivity contribution in [2.24, 2.45) is 9.98 Å². The molecule has 1 atom stereocenters. The van der Waals surface area contributed by atoms with Gasteiger partial charge in [-0.05, 0) is 42.2 Å². The molecule has 1 fully saturated rings. The normalized spacial score (nSPS) is 18.4. The van der Waals surface area contributed by atoms with Gasteiger partial charge in [0.1, 0.15) is 5.82 Å². The van der Waals surface area contributed by atoms with Gasteiger partial charge in [0.2, 0.25) is 5.96 Å². The van der Waals surface area contributed by atoms with Crippen LogP contribution in [0.3, 0.4) is 0 Å². The molecule has 4 rings (SSSR count). The van der Waals surface area contributed by atoms with Gasteiger partial charge in [0.25, 0.3) is 0 Å². The Hall–Kier alpha value is -3.63. The number of piperidine rings is 1. The fraction of sp³-hybridized carbons (Fsp3) is 0.300. The number of imidazole rings is 1. The van der Waals surface area contributed by atoms with E-state index in [0.29, 0.717) is 29.5 Å². The Morgan fingerprint density at radius 1 is 1.20 bits per heavy atom. The number of nitrogens with one attached hydrogen (secondary N) is 1. The summed E-state index contributed by atoms with van der Waals surface area (Å²) < 4.78 is 42.6. The average Bonchev–Trinajstić information content (AvgIpc) is 3.52. The summed E-state index contributed by atoms with van der Waals surface area (Å²) in [7, 11) is -0.225. The lowest BCUT2D eigenvalue weighted by atomic mass is 10.1. The second-order valence-electron chi connectivity index (χ2n) is 9.81. The Morgan fingerprint density at radius 3 is 2.55 bits per heavy atom. The molecule has 212 valence electrons. The molecule has 2 aliphatic rings. The van der Waals surface area contributed by atoms with Crippen LogP contribution in [-0.2, 0) is 12.8 Å². The van der Waals surface area contributed by atoms with E-state index in [0.717, 1.165) is 42.2 Å². The Bertz CT molecular complexity index is 1490. The molecule has 1 unspecified atom stereocenters. The van der Waals surface area contributed by atoms with E-state index in [9.17, 15) is 13.2 Å². The molecule has 0 saturated carbocycles. The third kappa shape index (κ3) is 6.39. The SMILES string of the molecule is C=CC(=C)c1nc2n(c1/C(C=C)=N/C(=NC)NC1CCCN(S(=C)(=C)c3ccc(CC(F)(F)F)cc3)C1)C=CC2. The van der Waals surface area contributed by atoms with Gasteiger partial charge in [-0.3, -0.25) is 9.30 Å². The minimum atomic E-state index is -4.24. The van der Waals surface area contributed by atoms with Crippen LogP contribution >= 0.6 is 9.39 Å². The molecule has 0 bridgehead atoms. The Morgan fingerprint density at radius 2 is 1.93 bits per heavy atom. The number of fused-ring (bicyclic) bond motifs is 1. The van der Waals surface area contributed by atoms with E-state index in [1.165, 1.54) is 12.1 Å². The zero-order chi connectivity index (χ0) is 29.1. The van der Waals surface area contributed by atoms with Crippen molar-refractivity contribution in [2.75, 3.05) is 20.1 Å². The summed E-state index contributed by atoms with van der Waals surface area (Å²) in [6, 6.07) is 6.51. The quantitative estimate of drug-likeness (QED) is 0.188. The number of allylic oxidation sites excluding steroid dienone is 4. The van der Waals surface area contributed by atoms with Crippen LogP contribution in [0.15, 0.2) is 77.1 Å². The summed E-state index contributed by atoms with van der Waals surface area (Å²) in [6.07, 6.45) is 4.69. The van der Waals surface area contributed by atoms with Crippen LogP contribution in [-0.4, -0.2) is 69.6 Å². The number of halogens is 3. The first-order chi connectivity index (χ1) is 19.0. The number of alkyl halides is 3. The number of guanidine groups is 1. The molecular weight excluding hydrogens is 533 g/mol. The van der Waals surface area contributed by atoms with Crippen LogP contribution < -0.4 is 5.32 Å². The van der Waals surface area contributed by atoms with Crippen molar-refractivity contribution < 1.29 is 13.2 Å². The molecule has 10 heteroatoms. The molecule has 40 heavy (non-hydrogen) atoms. The first-order valence-corrected chi connectivity index (χ1v) is 14.8. The minimum Gasteiger partial charge on any atom is -0.350 e. The van der Waals surface area contributed by atoms with Gasteiger partial charge in [0.15, 0.2) is 0 Å². The van der Waals surface area contributed by atoms with Crippen molar-refractivity contribution >= 4 is 44.6 Å². The second kappa shape index (κ2) is 11.9. The molecule has 0 radical (unpaired) electrons. The fourth-order valence-electron chi connectivity index (χ4n) is 4.87. The lowest BCUT2D eigenvalue weighted by Gasteiger charge is -2.38. The van der Waals surface area contributed by atoms with E-state index in [1.54, 1.807) is 31.3 Å². The topological polar surface area (TPSA) is 57.8 Å². The zero-order valence-electron chi connectivity index (χ0n) is 22.8. The monoisotopic (exact) mass is 568 g/mol. The standard InChI is InChI=1S/C30H35F3N6S/c1-7-21(3)27-28(39-18-10-12-26(39)37-27)25(8-2)36-29(34-4)35-23-11-9-17-38(20-23)40(5,6)24-15-13-22(14-16-24)19-30(31,32)33/h7-8,10,13-16,18,23H,1-3,5-6,9,11-12,17,19-20H2,4H3,(H,34,35)/b36-25+. The van der Waals surface area contributed by atoms with E-state index in [4.69, 9.17) is 9.98 Å². The molecule has 0 amide bonds. The minimum absolute atomic E-state index is 0.0285. The predicted molar refractivity (Wildman–Crippen MR) is 165 cm³/mol. The van der Waals surface area contributed by atoms with Crippen LogP contribution in [0.5, 0.6) is 0 Å². The number of nitrogens with zero attached hydrogens (tertiary/aromatic N) is 5. The number of hydrogen-bond acceptors (Lipinski definition) is 3. The number of hydrogen-bond donors (Lipinski definition) is 1. The molecule has 3 heterocycles. The number of rotatable bonds is 8. The number of aromatic nitrogens is 2. The zero-order valence-corrected chi connectivity index (χ0v) is 23.6. The molecule has 1 aromatic heterocycles. The van der Waals surface area contributed by atoms with Crippen LogP contribution in [0.4, 0.5) is 13.2 Å². The van der Waals surface area contributed by atoms with Crippen LogP contribution in [0.2, 0.25) is 0 Å². The Labute approximate surface area is 234 Å². The summed E-state index contributed by atoms with van der Waals surface area (Å²) in [5.74, 6) is 10.2. The summed E-state index contributed by atoms with van der Waals surface area (Å²) >= 11 is 0. The number of benzene rings is 1. The maximum atomic E-state index is 12.8. The molecule has 1 aromatic carbocycles. The summed E-state index contributed by atoms with van der Waals surface area (Å²) in [5.41, 5.74) is 3.02. The van der Waals surface area contributed by atoms with Gasteiger partial charge < -0.3 is 9.88 Å². The fourth-order valence-corrected chi connectivity index (χ4v) is 6.75. The smallest absolute Gasteiger partial charge is 0.350 e.